The van der Waals surface area contributed by atoms with E-state index in [0.29, 0.717) is 26.1 Å². The van der Waals surface area contributed by atoms with Crippen LogP contribution in [-0.2, 0) is 19.1 Å². The quantitative estimate of drug-likeness (QED) is 0.0415. The first kappa shape index (κ1) is 42.4. The van der Waals surface area contributed by atoms with Crippen LogP contribution >= 0.6 is 0 Å². The maximum atomic E-state index is 11.8. The lowest BCUT2D eigenvalue weighted by Crippen LogP contribution is -2.35. The van der Waals surface area contributed by atoms with Crippen molar-refractivity contribution in [2.45, 2.75) is 194 Å². The fourth-order valence-corrected chi connectivity index (χ4v) is 8.00. The number of hydrogen-bond donors (Lipinski definition) is 0. The van der Waals surface area contributed by atoms with Crippen LogP contribution in [0.1, 0.15) is 194 Å². The molecule has 268 valence electrons. The van der Waals surface area contributed by atoms with Crippen molar-refractivity contribution < 1.29 is 19.1 Å². The van der Waals surface area contributed by atoms with Gasteiger partial charge >= 0.3 is 11.9 Å². The maximum Gasteiger partial charge on any atom is 0.306 e. The lowest BCUT2D eigenvalue weighted by molar-refractivity contribution is -0.143. The fraction of sp³-hybridized carbons (Fsp3) is 0.857. The summed E-state index contributed by atoms with van der Waals surface area (Å²) in [5.41, 5.74) is 0. The third-order valence-corrected chi connectivity index (χ3v) is 10.6. The van der Waals surface area contributed by atoms with Crippen molar-refractivity contribution in [1.29, 1.82) is 0 Å². The molecule has 0 heterocycles. The zero-order valence-corrected chi connectivity index (χ0v) is 30.7. The smallest absolute Gasteiger partial charge is 0.306 e. The summed E-state index contributed by atoms with van der Waals surface area (Å²) in [4.78, 5) is 23.6. The summed E-state index contributed by atoms with van der Waals surface area (Å²) >= 11 is 0. The minimum absolute atomic E-state index is 0.0847. The fourth-order valence-electron chi connectivity index (χ4n) is 8.00. The van der Waals surface area contributed by atoms with Crippen LogP contribution < -0.4 is 0 Å². The molecule has 0 bridgehead atoms. The van der Waals surface area contributed by atoms with Crippen LogP contribution in [0.4, 0.5) is 0 Å². The number of unbranched alkanes of at least 4 members (excludes halogenated alkanes) is 16. The zero-order chi connectivity index (χ0) is 33.5. The molecule has 1 fully saturated rings. The third kappa shape index (κ3) is 22.1. The second-order valence-corrected chi connectivity index (χ2v) is 14.4. The van der Waals surface area contributed by atoms with E-state index in [-0.39, 0.29) is 11.9 Å². The Bertz CT molecular complexity index is 746. The van der Waals surface area contributed by atoms with Crippen LogP contribution in [0.15, 0.2) is 25.3 Å². The van der Waals surface area contributed by atoms with E-state index >= 15 is 0 Å². The van der Waals surface area contributed by atoms with Gasteiger partial charge < -0.3 is 9.47 Å². The van der Waals surface area contributed by atoms with Crippen molar-refractivity contribution in [3.63, 3.8) is 0 Å². The lowest BCUT2D eigenvalue weighted by Gasteiger charge is -2.44. The molecule has 1 aliphatic rings. The topological polar surface area (TPSA) is 52.6 Å². The third-order valence-electron chi connectivity index (χ3n) is 10.6. The van der Waals surface area contributed by atoms with Gasteiger partial charge in [0.05, 0.1) is 0 Å². The van der Waals surface area contributed by atoms with Gasteiger partial charge in [-0.2, -0.15) is 0 Å². The van der Waals surface area contributed by atoms with Gasteiger partial charge in [0.25, 0.3) is 0 Å². The largest absolute Gasteiger partial charge is 0.461 e. The van der Waals surface area contributed by atoms with Crippen LogP contribution in [0.3, 0.4) is 0 Å². The first-order chi connectivity index (χ1) is 22.6. The van der Waals surface area contributed by atoms with E-state index in [1.807, 2.05) is 0 Å². The van der Waals surface area contributed by atoms with Gasteiger partial charge in [0.2, 0.25) is 0 Å². The lowest BCUT2D eigenvalue weighted by atomic mass is 9.61. The number of hydrogen-bond acceptors (Lipinski definition) is 4. The maximum absolute atomic E-state index is 11.8. The standard InChI is InChI=1S/C42H76O4/c1-5-9-11-13-17-23-29-39-37(27-21-12-10-6-2)33-34-38(28-22-16-14-19-25-31-41(43)45-35-7-3)40(39)30-24-18-15-20-26-32-42(44)46-36-8-4/h7-8,37-40H,3-6,9-36H2,1-2H3. The molecule has 4 unspecified atom stereocenters. The second-order valence-electron chi connectivity index (χ2n) is 14.4. The van der Waals surface area contributed by atoms with E-state index in [9.17, 15) is 9.59 Å². The Morgan fingerprint density at radius 3 is 1.22 bits per heavy atom. The molecule has 1 saturated carbocycles. The summed E-state index contributed by atoms with van der Waals surface area (Å²) in [6.07, 6.45) is 38.8. The second kappa shape index (κ2) is 30.7. The normalized spacial score (nSPS) is 19.5. The van der Waals surface area contributed by atoms with Crippen molar-refractivity contribution in [2.24, 2.45) is 23.7 Å². The minimum Gasteiger partial charge on any atom is -0.461 e. The summed E-state index contributed by atoms with van der Waals surface area (Å²) in [5.74, 6) is 3.48. The number of rotatable bonds is 32. The molecule has 0 aromatic carbocycles. The van der Waals surface area contributed by atoms with E-state index in [2.05, 4.69) is 27.0 Å². The van der Waals surface area contributed by atoms with Crippen LogP contribution in [0.5, 0.6) is 0 Å². The van der Waals surface area contributed by atoms with Crippen molar-refractivity contribution in [3.8, 4) is 0 Å². The molecule has 0 N–H and O–H groups in total. The van der Waals surface area contributed by atoms with Gasteiger partial charge in [-0.15, -0.1) is 0 Å². The highest BCUT2D eigenvalue weighted by Crippen LogP contribution is 2.47. The van der Waals surface area contributed by atoms with Gasteiger partial charge in [-0.1, -0.05) is 168 Å². The summed E-state index contributed by atoms with van der Waals surface area (Å²) in [5, 5.41) is 0. The van der Waals surface area contributed by atoms with Gasteiger partial charge in [0.1, 0.15) is 13.2 Å². The Kier molecular flexibility index (Phi) is 28.4. The molecule has 0 amide bonds. The molecule has 0 saturated heterocycles. The molecule has 46 heavy (non-hydrogen) atoms. The Morgan fingerprint density at radius 1 is 0.500 bits per heavy atom. The molecule has 4 heteroatoms. The molecular weight excluding hydrogens is 568 g/mol. The van der Waals surface area contributed by atoms with Gasteiger partial charge in [-0.25, -0.2) is 0 Å². The van der Waals surface area contributed by atoms with Crippen LogP contribution in [0, 0.1) is 23.7 Å². The Balaban J connectivity index is 2.68. The Morgan fingerprint density at radius 2 is 0.826 bits per heavy atom. The van der Waals surface area contributed by atoms with E-state index in [1.54, 1.807) is 12.2 Å². The molecule has 0 radical (unpaired) electrons. The monoisotopic (exact) mass is 645 g/mol. The van der Waals surface area contributed by atoms with Gasteiger partial charge in [0.15, 0.2) is 0 Å². The van der Waals surface area contributed by atoms with Gasteiger partial charge in [0, 0.05) is 12.8 Å². The number of ether oxygens (including phenoxy) is 2. The van der Waals surface area contributed by atoms with E-state index < -0.39 is 0 Å². The van der Waals surface area contributed by atoms with Gasteiger partial charge in [-0.3, -0.25) is 9.59 Å². The first-order valence-electron chi connectivity index (χ1n) is 20.1. The van der Waals surface area contributed by atoms with E-state index in [0.717, 1.165) is 49.4 Å². The van der Waals surface area contributed by atoms with Crippen LogP contribution in [0.2, 0.25) is 0 Å². The highest BCUT2D eigenvalue weighted by molar-refractivity contribution is 5.69. The van der Waals surface area contributed by atoms with Crippen LogP contribution in [0.25, 0.3) is 0 Å². The molecule has 0 aromatic heterocycles. The summed E-state index contributed by atoms with van der Waals surface area (Å²) < 4.78 is 10.3. The van der Waals surface area contributed by atoms with Gasteiger partial charge in [-0.05, 0) is 62.2 Å². The van der Waals surface area contributed by atoms with Crippen molar-refractivity contribution in [1.82, 2.24) is 0 Å². The summed E-state index contributed by atoms with van der Waals surface area (Å²) in [7, 11) is 0. The average Bonchev–Trinajstić information content (AvgIpc) is 3.06. The minimum atomic E-state index is -0.0865. The first-order valence-corrected chi connectivity index (χ1v) is 20.1. The van der Waals surface area contributed by atoms with Crippen LogP contribution in [-0.4, -0.2) is 25.2 Å². The summed E-state index contributed by atoms with van der Waals surface area (Å²) in [6, 6.07) is 0. The predicted octanol–water partition coefficient (Wildman–Crippen LogP) is 12.9. The predicted molar refractivity (Wildman–Crippen MR) is 197 cm³/mol. The zero-order valence-electron chi connectivity index (χ0n) is 30.7. The van der Waals surface area contributed by atoms with Crippen molar-refractivity contribution >= 4 is 11.9 Å². The van der Waals surface area contributed by atoms with E-state index in [1.165, 1.54) is 141 Å². The molecule has 0 aromatic rings. The average molecular weight is 645 g/mol. The molecule has 4 nitrogen and oxygen atoms in total. The molecule has 0 spiro atoms. The molecule has 1 aliphatic carbocycles. The molecule has 0 aliphatic heterocycles. The highest BCUT2D eigenvalue weighted by Gasteiger charge is 2.37. The number of carbonyl (C=O) groups is 2. The molecule has 4 atom stereocenters. The number of carbonyl (C=O) groups excluding carboxylic acids is 2. The SMILES string of the molecule is C=CCOC(=O)CCCCCCCC1CCC(CCCCCC)C(CCCCCCCC)C1CCCCCCCC(=O)OCC=C. The summed E-state index contributed by atoms with van der Waals surface area (Å²) in [6.45, 7) is 12.5. The van der Waals surface area contributed by atoms with Crippen molar-refractivity contribution in [2.75, 3.05) is 13.2 Å². The molecule has 1 rings (SSSR count). The van der Waals surface area contributed by atoms with E-state index in [4.69, 9.17) is 9.47 Å². The molecular formula is C42H76O4. The van der Waals surface area contributed by atoms with Crippen molar-refractivity contribution in [3.05, 3.63) is 25.3 Å². The number of esters is 2. The Labute approximate surface area is 286 Å². The Hall–Kier alpha value is -1.58. The highest BCUT2D eigenvalue weighted by atomic mass is 16.5.